The number of Topliss-reactive ketones (excluding diaryl/α,β-unsaturated/α-hetero) is 1. The molecule has 1 saturated heterocycles. The van der Waals surface area contributed by atoms with E-state index in [0.29, 0.717) is 18.1 Å². The van der Waals surface area contributed by atoms with Crippen LogP contribution in [0, 0.1) is 5.92 Å². The van der Waals surface area contributed by atoms with Crippen molar-refractivity contribution in [1.82, 2.24) is 0 Å². The molecule has 1 aliphatic rings. The number of thiophene rings is 1. The fourth-order valence-electron chi connectivity index (χ4n) is 1.57. The first kappa shape index (κ1) is 10.5. The van der Waals surface area contributed by atoms with Crippen molar-refractivity contribution in [2.45, 2.75) is 12.8 Å². The van der Waals surface area contributed by atoms with Gasteiger partial charge in [0.1, 0.15) is 5.78 Å². The van der Waals surface area contributed by atoms with Gasteiger partial charge in [0.25, 0.3) is 0 Å². The van der Waals surface area contributed by atoms with Gasteiger partial charge in [-0.2, -0.15) is 11.8 Å². The normalized spacial score (nSPS) is 21.4. The fraction of sp³-hybridized carbons (Fsp3) is 0.500. The Kier molecular flexibility index (Phi) is 3.52. The third-order valence-corrected chi connectivity index (χ3v) is 4.69. The summed E-state index contributed by atoms with van der Waals surface area (Å²) in [5, 5.41) is 1.97. The van der Waals surface area contributed by atoms with Crippen LogP contribution in [-0.4, -0.2) is 17.3 Å². The van der Waals surface area contributed by atoms with E-state index in [1.807, 2.05) is 23.2 Å². The Morgan fingerprint density at radius 2 is 2.50 bits per heavy atom. The molecule has 1 aliphatic heterocycles. The summed E-state index contributed by atoms with van der Waals surface area (Å²) in [5.74, 6) is 2.82. The molecule has 0 N–H and O–H groups in total. The summed E-state index contributed by atoms with van der Waals surface area (Å²) >= 11 is 9.19. The summed E-state index contributed by atoms with van der Waals surface area (Å²) in [6, 6.07) is 1.90. The Labute approximate surface area is 96.8 Å². The molecule has 1 aromatic heterocycles. The molecule has 0 aromatic carbocycles. The van der Waals surface area contributed by atoms with Gasteiger partial charge in [0.2, 0.25) is 0 Å². The molecule has 0 radical (unpaired) electrons. The Morgan fingerprint density at radius 3 is 3.07 bits per heavy atom. The summed E-state index contributed by atoms with van der Waals surface area (Å²) in [6.07, 6.45) is 1.62. The number of thioether (sulfide) groups is 1. The molecule has 1 nitrogen and oxygen atoms in total. The minimum atomic E-state index is 0.290. The molecule has 1 fully saturated rings. The Hall–Kier alpha value is 0.01000. The zero-order valence-electron chi connectivity index (χ0n) is 7.66. The van der Waals surface area contributed by atoms with Crippen LogP contribution in [0.5, 0.6) is 0 Å². The maximum Gasteiger partial charge on any atom is 0.141 e. The predicted molar refractivity (Wildman–Crippen MR) is 63.5 cm³/mol. The van der Waals surface area contributed by atoms with Crippen LogP contribution in [0.4, 0.5) is 0 Å². The number of halogens is 1. The highest BCUT2D eigenvalue weighted by molar-refractivity contribution is 7.99. The smallest absolute Gasteiger partial charge is 0.141 e. The summed E-state index contributed by atoms with van der Waals surface area (Å²) in [4.78, 5) is 11.8. The Morgan fingerprint density at radius 1 is 1.64 bits per heavy atom. The van der Waals surface area contributed by atoms with Crippen molar-refractivity contribution in [3.8, 4) is 0 Å². The van der Waals surface area contributed by atoms with Gasteiger partial charge in [-0.05, 0) is 29.2 Å². The molecule has 2 heterocycles. The lowest BCUT2D eigenvalue weighted by molar-refractivity contribution is -0.121. The topological polar surface area (TPSA) is 17.1 Å². The molecule has 76 valence electrons. The number of carbonyl (C=O) groups excluding carboxylic acids is 1. The quantitative estimate of drug-likeness (QED) is 0.814. The number of carbonyl (C=O) groups is 1. The zero-order chi connectivity index (χ0) is 9.97. The van der Waals surface area contributed by atoms with E-state index in [4.69, 9.17) is 11.6 Å². The van der Waals surface area contributed by atoms with E-state index < -0.39 is 0 Å². The number of ketones is 1. The van der Waals surface area contributed by atoms with Crippen molar-refractivity contribution in [1.29, 1.82) is 0 Å². The van der Waals surface area contributed by atoms with E-state index in [2.05, 4.69) is 0 Å². The minimum absolute atomic E-state index is 0.290. The van der Waals surface area contributed by atoms with E-state index in [9.17, 15) is 4.79 Å². The maximum absolute atomic E-state index is 11.8. The van der Waals surface area contributed by atoms with Gasteiger partial charge in [0, 0.05) is 18.1 Å². The van der Waals surface area contributed by atoms with Crippen LogP contribution in [-0.2, 0) is 11.2 Å². The molecular weight excluding hydrogens is 236 g/mol. The summed E-state index contributed by atoms with van der Waals surface area (Å²) < 4.78 is 0.772. The van der Waals surface area contributed by atoms with Gasteiger partial charge in [0.05, 0.1) is 4.34 Å². The van der Waals surface area contributed by atoms with Crippen molar-refractivity contribution in [3.05, 3.63) is 21.3 Å². The second kappa shape index (κ2) is 4.69. The summed E-state index contributed by atoms with van der Waals surface area (Å²) in [6.45, 7) is 0. The number of hydrogen-bond donors (Lipinski definition) is 0. The van der Waals surface area contributed by atoms with Gasteiger partial charge in [-0.3, -0.25) is 4.79 Å². The molecule has 0 spiro atoms. The summed E-state index contributed by atoms with van der Waals surface area (Å²) in [7, 11) is 0. The average molecular weight is 247 g/mol. The van der Waals surface area contributed by atoms with E-state index >= 15 is 0 Å². The predicted octanol–water partition coefficient (Wildman–Crippen LogP) is 3.27. The molecule has 1 unspecified atom stereocenters. The van der Waals surface area contributed by atoms with E-state index in [1.165, 1.54) is 11.3 Å². The fourth-order valence-corrected chi connectivity index (χ4v) is 3.74. The Bertz CT molecular complexity index is 329. The molecule has 0 bridgehead atoms. The van der Waals surface area contributed by atoms with E-state index in [-0.39, 0.29) is 0 Å². The maximum atomic E-state index is 11.8. The Balaban J connectivity index is 1.93. The van der Waals surface area contributed by atoms with Crippen molar-refractivity contribution in [3.63, 3.8) is 0 Å². The van der Waals surface area contributed by atoms with Crippen molar-refractivity contribution < 1.29 is 4.79 Å². The lowest BCUT2D eigenvalue weighted by Gasteiger charge is -2.04. The largest absolute Gasteiger partial charge is 0.299 e. The van der Waals surface area contributed by atoms with Crippen LogP contribution < -0.4 is 0 Å². The third-order valence-electron chi connectivity index (χ3n) is 2.39. The van der Waals surface area contributed by atoms with Gasteiger partial charge in [-0.1, -0.05) is 11.6 Å². The molecule has 1 atom stereocenters. The number of hydrogen-bond acceptors (Lipinski definition) is 3. The SMILES string of the molecule is O=C(Cc1csc(Cl)c1)C1CCSC1. The monoisotopic (exact) mass is 246 g/mol. The highest BCUT2D eigenvalue weighted by atomic mass is 35.5. The molecule has 0 amide bonds. The first-order valence-corrected chi connectivity index (χ1v) is 7.00. The molecule has 2 rings (SSSR count). The van der Waals surface area contributed by atoms with E-state index in [0.717, 1.165) is 27.8 Å². The van der Waals surface area contributed by atoms with Gasteiger partial charge in [-0.25, -0.2) is 0 Å². The second-order valence-electron chi connectivity index (χ2n) is 3.46. The van der Waals surface area contributed by atoms with Gasteiger partial charge in [-0.15, -0.1) is 11.3 Å². The van der Waals surface area contributed by atoms with Crippen molar-refractivity contribution >= 4 is 40.5 Å². The molecule has 0 aliphatic carbocycles. The zero-order valence-corrected chi connectivity index (χ0v) is 10.1. The molecule has 1 aromatic rings. The highest BCUT2D eigenvalue weighted by Crippen LogP contribution is 2.26. The van der Waals surface area contributed by atoms with Crippen LogP contribution in [0.3, 0.4) is 0 Å². The minimum Gasteiger partial charge on any atom is -0.299 e. The van der Waals surface area contributed by atoms with Crippen LogP contribution >= 0.6 is 34.7 Å². The van der Waals surface area contributed by atoms with Gasteiger partial charge < -0.3 is 0 Å². The average Bonchev–Trinajstić information content (AvgIpc) is 2.75. The lowest BCUT2D eigenvalue weighted by Crippen LogP contribution is -2.15. The first-order valence-electron chi connectivity index (χ1n) is 4.59. The summed E-state index contributed by atoms with van der Waals surface area (Å²) in [5.41, 5.74) is 1.07. The first-order chi connectivity index (χ1) is 6.75. The lowest BCUT2D eigenvalue weighted by atomic mass is 9.99. The van der Waals surface area contributed by atoms with Crippen LogP contribution in [0.25, 0.3) is 0 Å². The molecule has 4 heteroatoms. The van der Waals surface area contributed by atoms with Gasteiger partial charge >= 0.3 is 0 Å². The molecule has 14 heavy (non-hydrogen) atoms. The standard InChI is InChI=1S/C10H11ClOS2/c11-10-4-7(5-14-10)3-9(12)8-1-2-13-6-8/h4-5,8H,1-3,6H2. The third kappa shape index (κ3) is 2.53. The number of rotatable bonds is 3. The van der Waals surface area contributed by atoms with Crippen LogP contribution in [0.2, 0.25) is 4.34 Å². The van der Waals surface area contributed by atoms with Crippen molar-refractivity contribution in [2.24, 2.45) is 5.92 Å². The highest BCUT2D eigenvalue weighted by Gasteiger charge is 2.23. The molecule has 0 saturated carbocycles. The van der Waals surface area contributed by atoms with Crippen molar-refractivity contribution in [2.75, 3.05) is 11.5 Å². The van der Waals surface area contributed by atoms with Gasteiger partial charge in [0.15, 0.2) is 0 Å². The van der Waals surface area contributed by atoms with Crippen LogP contribution in [0.1, 0.15) is 12.0 Å². The van der Waals surface area contributed by atoms with Crippen LogP contribution in [0.15, 0.2) is 11.4 Å². The second-order valence-corrected chi connectivity index (χ2v) is 6.16. The van der Waals surface area contributed by atoms with E-state index in [1.54, 1.807) is 0 Å². The molecular formula is C10H11ClOS2.